The Morgan fingerprint density at radius 1 is 1.25 bits per heavy atom. The summed E-state index contributed by atoms with van der Waals surface area (Å²) in [4.78, 5) is 15.6. The van der Waals surface area contributed by atoms with E-state index < -0.39 is 0 Å². The topological polar surface area (TPSA) is 63.6 Å². The molecule has 0 radical (unpaired) electrons. The zero-order chi connectivity index (χ0) is 14.2. The Morgan fingerprint density at radius 3 is 2.60 bits per heavy atom. The summed E-state index contributed by atoms with van der Waals surface area (Å²) in [6.45, 7) is 2.57. The van der Waals surface area contributed by atoms with Crippen molar-refractivity contribution in [2.75, 3.05) is 6.61 Å². The van der Waals surface area contributed by atoms with E-state index in [1.807, 2.05) is 31.2 Å². The number of benzene rings is 1. The Bertz CT molecular complexity index is 580. The maximum Gasteiger partial charge on any atom is 0.271 e. The molecule has 0 unspecified atom stereocenters. The zero-order valence-corrected chi connectivity index (χ0v) is 11.1. The molecule has 2 rings (SSSR count). The van der Waals surface area contributed by atoms with E-state index in [9.17, 15) is 4.79 Å². The average Bonchev–Trinajstić information content (AvgIpc) is 2.50. The number of carbonyl (C=O) groups excluding carboxylic acids is 1. The minimum absolute atomic E-state index is 0.269. The van der Waals surface area contributed by atoms with Crippen LogP contribution >= 0.6 is 0 Å². The number of rotatable bonds is 5. The highest BCUT2D eigenvalue weighted by molar-refractivity contribution is 5.94. The van der Waals surface area contributed by atoms with Crippen molar-refractivity contribution in [2.45, 2.75) is 6.92 Å². The third kappa shape index (κ3) is 3.91. The van der Waals surface area contributed by atoms with Crippen molar-refractivity contribution in [3.05, 3.63) is 59.9 Å². The largest absolute Gasteiger partial charge is 0.494 e. The number of aromatic nitrogens is 1. The molecule has 2 aromatic rings. The summed E-state index contributed by atoms with van der Waals surface area (Å²) in [6, 6.07) is 10.7. The number of nitrogens with zero attached hydrogens (tertiary/aromatic N) is 2. The van der Waals surface area contributed by atoms with Gasteiger partial charge in [-0.25, -0.2) is 5.43 Å². The first kappa shape index (κ1) is 13.7. The number of hydrogen-bond acceptors (Lipinski definition) is 4. The lowest BCUT2D eigenvalue weighted by molar-refractivity contribution is 0.0955. The molecule has 1 N–H and O–H groups in total. The fourth-order valence-electron chi connectivity index (χ4n) is 1.55. The molecule has 0 bridgehead atoms. The van der Waals surface area contributed by atoms with E-state index in [4.69, 9.17) is 4.74 Å². The lowest BCUT2D eigenvalue weighted by Crippen LogP contribution is -2.17. The van der Waals surface area contributed by atoms with E-state index in [0.29, 0.717) is 12.2 Å². The molecule has 0 atom stereocenters. The standard InChI is InChI=1S/C15H15N3O2/c1-2-20-14-5-3-12(4-6-14)11-17-18-15(19)13-7-9-16-10-8-13/h3-11H,2H2,1H3,(H,18,19). The Hall–Kier alpha value is -2.69. The Balaban J connectivity index is 1.91. The van der Waals surface area contributed by atoms with Crippen LogP contribution in [0, 0.1) is 0 Å². The van der Waals surface area contributed by atoms with Gasteiger partial charge in [-0.2, -0.15) is 5.10 Å². The number of carbonyl (C=O) groups is 1. The van der Waals surface area contributed by atoms with Crippen molar-refractivity contribution in [1.82, 2.24) is 10.4 Å². The number of pyridine rings is 1. The lowest BCUT2D eigenvalue weighted by Gasteiger charge is -2.02. The molecule has 0 saturated heterocycles. The number of nitrogens with one attached hydrogen (secondary N) is 1. The Morgan fingerprint density at radius 2 is 1.95 bits per heavy atom. The van der Waals surface area contributed by atoms with Gasteiger partial charge in [-0.1, -0.05) is 0 Å². The maximum atomic E-state index is 11.7. The van der Waals surface area contributed by atoms with E-state index in [1.54, 1.807) is 30.7 Å². The second kappa shape index (κ2) is 7.04. The molecule has 20 heavy (non-hydrogen) atoms. The summed E-state index contributed by atoms with van der Waals surface area (Å²) in [6.07, 6.45) is 4.70. The second-order valence-corrected chi connectivity index (χ2v) is 3.94. The fraction of sp³-hybridized carbons (Fsp3) is 0.133. The number of amides is 1. The first-order valence-electron chi connectivity index (χ1n) is 6.26. The SMILES string of the molecule is CCOc1ccc(C=NNC(=O)c2ccncc2)cc1. The van der Waals surface area contributed by atoms with Gasteiger partial charge < -0.3 is 4.74 Å². The van der Waals surface area contributed by atoms with Crippen LogP contribution < -0.4 is 10.2 Å². The van der Waals surface area contributed by atoms with Crippen LogP contribution in [0.4, 0.5) is 0 Å². The number of hydrogen-bond donors (Lipinski definition) is 1. The minimum Gasteiger partial charge on any atom is -0.494 e. The summed E-state index contributed by atoms with van der Waals surface area (Å²) < 4.78 is 5.34. The molecule has 1 amide bonds. The third-order valence-electron chi connectivity index (χ3n) is 2.51. The summed E-state index contributed by atoms with van der Waals surface area (Å²) in [5.74, 6) is 0.542. The van der Waals surface area contributed by atoms with Crippen LogP contribution in [-0.4, -0.2) is 23.7 Å². The van der Waals surface area contributed by atoms with Crippen LogP contribution in [0.1, 0.15) is 22.8 Å². The van der Waals surface area contributed by atoms with Gasteiger partial charge in [-0.15, -0.1) is 0 Å². The lowest BCUT2D eigenvalue weighted by atomic mass is 10.2. The van der Waals surface area contributed by atoms with E-state index >= 15 is 0 Å². The molecule has 102 valence electrons. The predicted octanol–water partition coefficient (Wildman–Crippen LogP) is 2.24. The van der Waals surface area contributed by atoms with Crippen LogP contribution in [0.3, 0.4) is 0 Å². The van der Waals surface area contributed by atoms with Crippen LogP contribution in [0.15, 0.2) is 53.9 Å². The van der Waals surface area contributed by atoms with Crippen LogP contribution in [0.25, 0.3) is 0 Å². The van der Waals surface area contributed by atoms with E-state index in [-0.39, 0.29) is 5.91 Å². The van der Waals surface area contributed by atoms with E-state index in [0.717, 1.165) is 11.3 Å². The van der Waals surface area contributed by atoms with Gasteiger partial charge in [0.1, 0.15) is 5.75 Å². The first-order valence-corrected chi connectivity index (χ1v) is 6.26. The number of ether oxygens (including phenoxy) is 1. The van der Waals surface area contributed by atoms with Crippen molar-refractivity contribution in [2.24, 2.45) is 5.10 Å². The summed E-state index contributed by atoms with van der Waals surface area (Å²) in [5, 5.41) is 3.91. The third-order valence-corrected chi connectivity index (χ3v) is 2.51. The van der Waals surface area contributed by atoms with Crippen LogP contribution in [0.2, 0.25) is 0 Å². The molecule has 5 nitrogen and oxygen atoms in total. The molecule has 0 saturated carbocycles. The molecule has 0 spiro atoms. The van der Waals surface area contributed by atoms with Gasteiger partial charge in [0.2, 0.25) is 0 Å². The molecule has 1 aromatic heterocycles. The molecule has 0 fully saturated rings. The minimum atomic E-state index is -0.269. The average molecular weight is 269 g/mol. The highest BCUT2D eigenvalue weighted by atomic mass is 16.5. The van der Waals surface area contributed by atoms with Crippen LogP contribution in [-0.2, 0) is 0 Å². The fourth-order valence-corrected chi connectivity index (χ4v) is 1.55. The molecule has 0 aliphatic carbocycles. The molecular weight excluding hydrogens is 254 g/mol. The van der Waals surface area contributed by atoms with Crippen molar-refractivity contribution in [3.8, 4) is 5.75 Å². The molecule has 5 heteroatoms. The van der Waals surface area contributed by atoms with Gasteiger partial charge in [0.25, 0.3) is 5.91 Å². The van der Waals surface area contributed by atoms with Crippen LogP contribution in [0.5, 0.6) is 5.75 Å². The summed E-state index contributed by atoms with van der Waals surface area (Å²) in [5.41, 5.74) is 3.85. The number of hydrazone groups is 1. The normalized spacial score (nSPS) is 10.4. The van der Waals surface area contributed by atoms with Gasteiger partial charge in [0.15, 0.2) is 0 Å². The quantitative estimate of drug-likeness (QED) is 0.669. The molecule has 0 aliphatic heterocycles. The molecule has 1 heterocycles. The highest BCUT2D eigenvalue weighted by Crippen LogP contribution is 2.10. The molecule has 0 aliphatic rings. The molecular formula is C15H15N3O2. The monoisotopic (exact) mass is 269 g/mol. The second-order valence-electron chi connectivity index (χ2n) is 3.94. The molecule has 1 aromatic carbocycles. The predicted molar refractivity (Wildman–Crippen MR) is 76.9 cm³/mol. The van der Waals surface area contributed by atoms with Gasteiger partial charge in [-0.3, -0.25) is 9.78 Å². The van der Waals surface area contributed by atoms with Gasteiger partial charge in [-0.05, 0) is 48.9 Å². The van der Waals surface area contributed by atoms with Crippen molar-refractivity contribution in [3.63, 3.8) is 0 Å². The van der Waals surface area contributed by atoms with Crippen molar-refractivity contribution < 1.29 is 9.53 Å². The maximum absolute atomic E-state index is 11.7. The van der Waals surface area contributed by atoms with Crippen molar-refractivity contribution >= 4 is 12.1 Å². The highest BCUT2D eigenvalue weighted by Gasteiger charge is 2.01. The van der Waals surface area contributed by atoms with Crippen molar-refractivity contribution in [1.29, 1.82) is 0 Å². The van der Waals surface area contributed by atoms with Gasteiger partial charge in [0, 0.05) is 18.0 Å². The van der Waals surface area contributed by atoms with Gasteiger partial charge in [0.05, 0.1) is 12.8 Å². The van der Waals surface area contributed by atoms with E-state index in [2.05, 4.69) is 15.5 Å². The zero-order valence-electron chi connectivity index (χ0n) is 11.1. The van der Waals surface area contributed by atoms with Gasteiger partial charge >= 0.3 is 0 Å². The van der Waals surface area contributed by atoms with E-state index in [1.165, 1.54) is 0 Å². The Kier molecular flexibility index (Phi) is 4.83. The Labute approximate surface area is 117 Å². The summed E-state index contributed by atoms with van der Waals surface area (Å²) >= 11 is 0. The summed E-state index contributed by atoms with van der Waals surface area (Å²) in [7, 11) is 0. The first-order chi connectivity index (χ1) is 9.79. The smallest absolute Gasteiger partial charge is 0.271 e.